The minimum absolute atomic E-state index is 0.00768. The first-order chi connectivity index (χ1) is 12.0. The minimum atomic E-state index is -3.17. The van der Waals surface area contributed by atoms with Gasteiger partial charge in [0.25, 0.3) is 0 Å². The molecule has 6 heteroatoms. The quantitative estimate of drug-likeness (QED) is 0.661. The predicted molar refractivity (Wildman–Crippen MR) is 100 cm³/mol. The van der Waals surface area contributed by atoms with Gasteiger partial charge in [0.1, 0.15) is 5.75 Å². The molecule has 2 aliphatic heterocycles. The highest BCUT2D eigenvalue weighted by Gasteiger charge is 2.41. The summed E-state index contributed by atoms with van der Waals surface area (Å²) in [5.41, 5.74) is 2.34. The predicted octanol–water partition coefficient (Wildman–Crippen LogP) is 3.52. The molecule has 1 unspecified atom stereocenters. The van der Waals surface area contributed by atoms with E-state index in [1.807, 2.05) is 18.2 Å². The summed E-state index contributed by atoms with van der Waals surface area (Å²) >= 11 is 0. The molecule has 5 nitrogen and oxygen atoms in total. The maximum absolute atomic E-state index is 12.7. The van der Waals surface area contributed by atoms with Crippen molar-refractivity contribution in [3.8, 4) is 5.75 Å². The number of methoxy groups -OCH3 is 1. The Labute approximate surface area is 152 Å². The molecular formula is C19H30N2O3S. The number of unbranched alkanes of at least 4 members (excludes halogenated alkanes) is 5. The van der Waals surface area contributed by atoms with E-state index < -0.39 is 10.0 Å². The van der Waals surface area contributed by atoms with Crippen LogP contribution in [0, 0.1) is 0 Å². The smallest absolute Gasteiger partial charge is 0.217 e. The average Bonchev–Trinajstić information content (AvgIpc) is 2.93. The molecule has 2 aliphatic rings. The third-order valence-corrected chi connectivity index (χ3v) is 7.21. The van der Waals surface area contributed by atoms with Crippen LogP contribution in [0.5, 0.6) is 5.75 Å². The van der Waals surface area contributed by atoms with E-state index in [4.69, 9.17) is 4.74 Å². The van der Waals surface area contributed by atoms with Crippen LogP contribution in [-0.2, 0) is 16.6 Å². The number of hydrogen-bond donors (Lipinski definition) is 0. The Morgan fingerprint density at radius 3 is 2.68 bits per heavy atom. The second kappa shape index (κ2) is 8.06. The fourth-order valence-corrected chi connectivity index (χ4v) is 5.65. The lowest BCUT2D eigenvalue weighted by Crippen LogP contribution is -2.49. The second-order valence-corrected chi connectivity index (χ2v) is 9.20. The normalized spacial score (nSPS) is 22.6. The van der Waals surface area contributed by atoms with Crippen molar-refractivity contribution < 1.29 is 13.2 Å². The number of nitrogens with zero attached hydrogens (tertiary/aromatic N) is 2. The first-order valence-electron chi connectivity index (χ1n) is 9.44. The van der Waals surface area contributed by atoms with Gasteiger partial charge in [-0.05, 0) is 29.7 Å². The zero-order valence-corrected chi connectivity index (χ0v) is 16.2. The standard InChI is InChI=1S/C19H30N2O3S/c1-3-4-5-6-7-8-11-21-15-20-13-16-12-17(24-2)9-10-18(16)19(20)14-25(21,22)23/h9-10,12,19H,3-8,11,13-15H2,1-2H3. The molecule has 0 aromatic heterocycles. The van der Waals surface area contributed by atoms with Gasteiger partial charge in [-0.25, -0.2) is 8.42 Å². The summed E-state index contributed by atoms with van der Waals surface area (Å²) < 4.78 is 32.4. The molecule has 1 saturated heterocycles. The van der Waals surface area contributed by atoms with Crippen molar-refractivity contribution in [2.45, 2.75) is 58.0 Å². The molecule has 0 aliphatic carbocycles. The minimum Gasteiger partial charge on any atom is -0.497 e. The zero-order chi connectivity index (χ0) is 17.9. The molecule has 0 saturated carbocycles. The Bertz CT molecular complexity index is 690. The third kappa shape index (κ3) is 4.18. The largest absolute Gasteiger partial charge is 0.497 e. The Morgan fingerprint density at radius 2 is 1.92 bits per heavy atom. The molecule has 0 amide bonds. The summed E-state index contributed by atoms with van der Waals surface area (Å²) in [6, 6.07) is 5.99. The third-order valence-electron chi connectivity index (χ3n) is 5.39. The summed E-state index contributed by atoms with van der Waals surface area (Å²) in [6.07, 6.45) is 7.06. The van der Waals surface area contributed by atoms with Crippen LogP contribution in [0.15, 0.2) is 18.2 Å². The molecule has 1 aromatic rings. The Morgan fingerprint density at radius 1 is 1.16 bits per heavy atom. The van der Waals surface area contributed by atoms with Crippen LogP contribution in [0.1, 0.15) is 62.6 Å². The van der Waals surface area contributed by atoms with Crippen molar-refractivity contribution in [3.05, 3.63) is 29.3 Å². The van der Waals surface area contributed by atoms with Gasteiger partial charge < -0.3 is 4.74 Å². The molecule has 2 heterocycles. The Kier molecular flexibility index (Phi) is 6.02. The van der Waals surface area contributed by atoms with Crippen LogP contribution in [0.25, 0.3) is 0 Å². The summed E-state index contributed by atoms with van der Waals surface area (Å²) in [7, 11) is -1.51. The van der Waals surface area contributed by atoms with Gasteiger partial charge in [0, 0.05) is 13.1 Å². The molecule has 0 N–H and O–H groups in total. The molecular weight excluding hydrogens is 336 g/mol. The van der Waals surface area contributed by atoms with Crippen molar-refractivity contribution >= 4 is 10.0 Å². The lowest BCUT2D eigenvalue weighted by Gasteiger charge is -2.37. The van der Waals surface area contributed by atoms with Crippen molar-refractivity contribution in [1.82, 2.24) is 9.21 Å². The Hall–Kier alpha value is -1.11. The van der Waals surface area contributed by atoms with Gasteiger partial charge in [-0.15, -0.1) is 0 Å². The highest BCUT2D eigenvalue weighted by Crippen LogP contribution is 2.39. The summed E-state index contributed by atoms with van der Waals surface area (Å²) in [5.74, 6) is 1.03. The number of fused-ring (bicyclic) bond motifs is 3. The first kappa shape index (κ1) is 18.7. The second-order valence-electron chi connectivity index (χ2n) is 7.19. The molecule has 0 bridgehead atoms. The topological polar surface area (TPSA) is 49.9 Å². The maximum Gasteiger partial charge on any atom is 0.217 e. The van der Waals surface area contributed by atoms with Crippen molar-refractivity contribution in [3.63, 3.8) is 0 Å². The highest BCUT2D eigenvalue weighted by atomic mass is 32.2. The van der Waals surface area contributed by atoms with Crippen LogP contribution in [0.2, 0.25) is 0 Å². The molecule has 0 spiro atoms. The van der Waals surface area contributed by atoms with Gasteiger partial charge >= 0.3 is 0 Å². The monoisotopic (exact) mass is 366 g/mol. The van der Waals surface area contributed by atoms with E-state index in [0.717, 1.165) is 30.7 Å². The number of benzene rings is 1. The van der Waals surface area contributed by atoms with Crippen LogP contribution in [0.4, 0.5) is 0 Å². The van der Waals surface area contributed by atoms with Crippen molar-refractivity contribution in [1.29, 1.82) is 0 Å². The van der Waals surface area contributed by atoms with Crippen LogP contribution in [-0.4, -0.2) is 43.7 Å². The van der Waals surface area contributed by atoms with Crippen LogP contribution >= 0.6 is 0 Å². The number of rotatable bonds is 8. The van der Waals surface area contributed by atoms with E-state index in [1.54, 1.807) is 11.4 Å². The van der Waals surface area contributed by atoms with Gasteiger partial charge in [0.2, 0.25) is 10.0 Å². The maximum atomic E-state index is 12.7. The van der Waals surface area contributed by atoms with E-state index in [9.17, 15) is 8.42 Å². The summed E-state index contributed by atoms with van der Waals surface area (Å²) in [6.45, 7) is 4.18. The van der Waals surface area contributed by atoms with E-state index in [2.05, 4.69) is 11.8 Å². The van der Waals surface area contributed by atoms with Crippen LogP contribution in [0.3, 0.4) is 0 Å². The van der Waals surface area contributed by atoms with Gasteiger partial charge in [0.15, 0.2) is 0 Å². The molecule has 3 rings (SSSR count). The number of hydrogen-bond acceptors (Lipinski definition) is 4. The molecule has 1 aromatic carbocycles. The summed E-state index contributed by atoms with van der Waals surface area (Å²) in [4.78, 5) is 2.28. The van der Waals surface area contributed by atoms with Gasteiger partial charge in [-0.3, -0.25) is 4.90 Å². The van der Waals surface area contributed by atoms with E-state index >= 15 is 0 Å². The number of sulfonamides is 1. The van der Waals surface area contributed by atoms with Gasteiger partial charge in [-0.2, -0.15) is 4.31 Å². The van der Waals surface area contributed by atoms with Gasteiger partial charge in [-0.1, -0.05) is 45.1 Å². The van der Waals surface area contributed by atoms with E-state index in [-0.39, 0.29) is 11.8 Å². The number of ether oxygens (including phenoxy) is 1. The first-order valence-corrected chi connectivity index (χ1v) is 11.0. The van der Waals surface area contributed by atoms with Crippen molar-refractivity contribution in [2.75, 3.05) is 26.1 Å². The van der Waals surface area contributed by atoms with Crippen LogP contribution < -0.4 is 4.74 Å². The molecule has 25 heavy (non-hydrogen) atoms. The fourth-order valence-electron chi connectivity index (χ4n) is 3.91. The molecule has 1 atom stereocenters. The van der Waals surface area contributed by atoms with Crippen molar-refractivity contribution in [2.24, 2.45) is 0 Å². The van der Waals surface area contributed by atoms with E-state index in [0.29, 0.717) is 13.2 Å². The molecule has 1 fully saturated rings. The highest BCUT2D eigenvalue weighted by molar-refractivity contribution is 7.89. The lowest BCUT2D eigenvalue weighted by molar-refractivity contribution is 0.139. The molecule has 0 radical (unpaired) electrons. The fraction of sp³-hybridized carbons (Fsp3) is 0.684. The van der Waals surface area contributed by atoms with Gasteiger partial charge in [0.05, 0.1) is 25.6 Å². The SMILES string of the molecule is CCCCCCCCN1CN2Cc3cc(OC)ccc3C2CS1(=O)=O. The Balaban J connectivity index is 1.60. The molecule has 140 valence electrons. The summed E-state index contributed by atoms with van der Waals surface area (Å²) in [5, 5.41) is 0. The lowest BCUT2D eigenvalue weighted by atomic mass is 10.1. The van der Waals surface area contributed by atoms with E-state index in [1.165, 1.54) is 31.2 Å². The average molecular weight is 367 g/mol. The zero-order valence-electron chi connectivity index (χ0n) is 15.4.